The fourth-order valence-electron chi connectivity index (χ4n) is 3.04. The van der Waals surface area contributed by atoms with Gasteiger partial charge in [0.15, 0.2) is 6.61 Å². The summed E-state index contributed by atoms with van der Waals surface area (Å²) in [6, 6.07) is 3.45. The van der Waals surface area contributed by atoms with Crippen LogP contribution in [0.2, 0.25) is 0 Å². The van der Waals surface area contributed by atoms with Crippen LogP contribution in [0.1, 0.15) is 49.7 Å². The molecule has 1 aromatic heterocycles. The number of hydrogen-bond donors (Lipinski definition) is 0. The molecule has 2 rings (SSSR count). The Kier molecular flexibility index (Phi) is 6.00. The maximum Gasteiger partial charge on any atom is 0.348 e. The second-order valence-corrected chi connectivity index (χ2v) is 7.36. The summed E-state index contributed by atoms with van der Waals surface area (Å²) in [7, 11) is 0. The first-order valence-corrected chi connectivity index (χ1v) is 8.75. The molecule has 0 spiro atoms. The van der Waals surface area contributed by atoms with E-state index in [4.69, 9.17) is 9.47 Å². The molecule has 1 aliphatic carbocycles. The van der Waals surface area contributed by atoms with E-state index in [1.165, 1.54) is 17.8 Å². The fraction of sp³-hybridized carbons (Fsp3) is 0.647. The highest BCUT2D eigenvalue weighted by Gasteiger charge is 2.33. The van der Waals surface area contributed by atoms with E-state index in [1.807, 2.05) is 0 Å². The predicted octanol–water partition coefficient (Wildman–Crippen LogP) is 3.91. The van der Waals surface area contributed by atoms with E-state index in [0.717, 1.165) is 12.8 Å². The first-order chi connectivity index (χ1) is 10.5. The molecule has 3 atom stereocenters. The zero-order valence-electron chi connectivity index (χ0n) is 13.4. The first kappa shape index (κ1) is 17.0. The van der Waals surface area contributed by atoms with Crippen LogP contribution in [0.15, 0.2) is 17.5 Å². The van der Waals surface area contributed by atoms with E-state index in [1.54, 1.807) is 17.5 Å². The summed E-state index contributed by atoms with van der Waals surface area (Å²) in [6.07, 6.45) is 3.11. The first-order valence-electron chi connectivity index (χ1n) is 7.87. The minimum Gasteiger partial charge on any atom is -0.460 e. The Morgan fingerprint density at radius 2 is 2.14 bits per heavy atom. The Balaban J connectivity index is 1.83. The summed E-state index contributed by atoms with van der Waals surface area (Å²) in [6.45, 7) is 6.21. The summed E-state index contributed by atoms with van der Waals surface area (Å²) in [5, 5.41) is 1.80. The lowest BCUT2D eigenvalue weighted by molar-refractivity contribution is -0.159. The van der Waals surface area contributed by atoms with Gasteiger partial charge in [0.05, 0.1) is 0 Å². The number of hydrogen-bond acceptors (Lipinski definition) is 5. The molecule has 1 aromatic rings. The molecule has 0 aliphatic heterocycles. The van der Waals surface area contributed by atoms with Crippen LogP contribution < -0.4 is 0 Å². The Morgan fingerprint density at radius 1 is 1.36 bits per heavy atom. The lowest BCUT2D eigenvalue weighted by atomic mass is 9.75. The summed E-state index contributed by atoms with van der Waals surface area (Å²) >= 11 is 1.30. The van der Waals surface area contributed by atoms with E-state index in [0.29, 0.717) is 22.6 Å². The molecule has 0 aromatic carbocycles. The molecular weight excluding hydrogens is 300 g/mol. The molecule has 0 saturated heterocycles. The van der Waals surface area contributed by atoms with Gasteiger partial charge in [-0.1, -0.05) is 33.3 Å². The smallest absolute Gasteiger partial charge is 0.348 e. The summed E-state index contributed by atoms with van der Waals surface area (Å²) in [5.41, 5.74) is 0. The molecular formula is C17H24O4S. The second kappa shape index (κ2) is 7.77. The number of carbonyl (C=O) groups is 2. The lowest BCUT2D eigenvalue weighted by Crippen LogP contribution is -2.36. The number of rotatable bonds is 5. The van der Waals surface area contributed by atoms with Gasteiger partial charge in [-0.25, -0.2) is 9.59 Å². The topological polar surface area (TPSA) is 52.6 Å². The van der Waals surface area contributed by atoms with Crippen molar-refractivity contribution in [1.82, 2.24) is 0 Å². The van der Waals surface area contributed by atoms with Gasteiger partial charge in [0.2, 0.25) is 0 Å². The average molecular weight is 324 g/mol. The summed E-state index contributed by atoms with van der Waals surface area (Å²) in [4.78, 5) is 24.2. The third-order valence-corrected chi connectivity index (χ3v) is 5.14. The molecule has 122 valence electrons. The van der Waals surface area contributed by atoms with Crippen LogP contribution in [0.3, 0.4) is 0 Å². The van der Waals surface area contributed by atoms with Crippen LogP contribution in [0.25, 0.3) is 0 Å². The van der Waals surface area contributed by atoms with E-state index in [2.05, 4.69) is 20.8 Å². The second-order valence-electron chi connectivity index (χ2n) is 6.41. The maximum atomic E-state index is 12.0. The lowest BCUT2D eigenvalue weighted by Gasteiger charge is -2.36. The number of esters is 2. The van der Waals surface area contributed by atoms with E-state index < -0.39 is 11.9 Å². The van der Waals surface area contributed by atoms with Gasteiger partial charge < -0.3 is 9.47 Å². The zero-order chi connectivity index (χ0) is 16.1. The van der Waals surface area contributed by atoms with Crippen LogP contribution in [0.5, 0.6) is 0 Å². The Bertz CT molecular complexity index is 495. The van der Waals surface area contributed by atoms with Crippen LogP contribution in [-0.4, -0.2) is 24.6 Å². The Labute approximate surface area is 135 Å². The van der Waals surface area contributed by atoms with Gasteiger partial charge in [-0.2, -0.15) is 0 Å². The molecule has 1 fully saturated rings. The minimum atomic E-state index is -0.468. The van der Waals surface area contributed by atoms with Crippen molar-refractivity contribution in [2.45, 2.75) is 46.1 Å². The SMILES string of the molecule is CC(C)[C@@H]1CC[C@@H](C)C[C@H]1OC(=O)COC(=O)c1cccs1. The highest BCUT2D eigenvalue weighted by molar-refractivity contribution is 7.11. The van der Waals surface area contributed by atoms with Crippen molar-refractivity contribution in [2.24, 2.45) is 17.8 Å². The molecule has 0 bridgehead atoms. The monoisotopic (exact) mass is 324 g/mol. The molecule has 4 nitrogen and oxygen atoms in total. The average Bonchev–Trinajstić information content (AvgIpc) is 2.98. The predicted molar refractivity (Wildman–Crippen MR) is 85.8 cm³/mol. The van der Waals surface area contributed by atoms with Gasteiger partial charge in [-0.05, 0) is 42.0 Å². The highest BCUT2D eigenvalue weighted by atomic mass is 32.1. The standard InChI is InChI=1S/C17H24O4S/c1-11(2)13-7-6-12(3)9-14(13)21-16(18)10-20-17(19)15-5-4-8-22-15/h4-5,8,11-14H,6-7,9-10H2,1-3H3/t12-,13+,14-/m1/s1. The van der Waals surface area contributed by atoms with Crippen LogP contribution in [0.4, 0.5) is 0 Å². The molecule has 1 heterocycles. The Morgan fingerprint density at radius 3 is 2.77 bits per heavy atom. The van der Waals surface area contributed by atoms with E-state index >= 15 is 0 Å². The normalized spacial score (nSPS) is 25.0. The number of thiophene rings is 1. The van der Waals surface area contributed by atoms with Gasteiger partial charge in [-0.15, -0.1) is 11.3 Å². The van der Waals surface area contributed by atoms with Crippen molar-refractivity contribution in [1.29, 1.82) is 0 Å². The van der Waals surface area contributed by atoms with Gasteiger partial charge in [0.25, 0.3) is 0 Å². The Hall–Kier alpha value is -1.36. The molecule has 1 saturated carbocycles. The molecule has 0 amide bonds. The largest absolute Gasteiger partial charge is 0.460 e. The van der Waals surface area contributed by atoms with E-state index in [-0.39, 0.29) is 12.7 Å². The summed E-state index contributed by atoms with van der Waals surface area (Å²) in [5.74, 6) is 0.535. The molecule has 0 radical (unpaired) electrons. The molecule has 22 heavy (non-hydrogen) atoms. The van der Waals surface area contributed by atoms with Crippen molar-refractivity contribution >= 4 is 23.3 Å². The maximum absolute atomic E-state index is 12.0. The van der Waals surface area contributed by atoms with Gasteiger partial charge >= 0.3 is 11.9 Å². The molecule has 5 heteroatoms. The number of carbonyl (C=O) groups excluding carboxylic acids is 2. The van der Waals surface area contributed by atoms with Gasteiger partial charge in [0, 0.05) is 0 Å². The van der Waals surface area contributed by atoms with Crippen molar-refractivity contribution in [3.63, 3.8) is 0 Å². The van der Waals surface area contributed by atoms with Crippen molar-refractivity contribution in [3.05, 3.63) is 22.4 Å². The van der Waals surface area contributed by atoms with Gasteiger partial charge in [0.1, 0.15) is 11.0 Å². The van der Waals surface area contributed by atoms with Crippen LogP contribution >= 0.6 is 11.3 Å². The zero-order valence-corrected chi connectivity index (χ0v) is 14.2. The van der Waals surface area contributed by atoms with Crippen LogP contribution in [-0.2, 0) is 14.3 Å². The summed E-state index contributed by atoms with van der Waals surface area (Å²) < 4.78 is 10.6. The van der Waals surface area contributed by atoms with Gasteiger partial charge in [-0.3, -0.25) is 0 Å². The molecule has 1 aliphatic rings. The number of ether oxygens (including phenoxy) is 2. The fourth-order valence-corrected chi connectivity index (χ4v) is 3.66. The quantitative estimate of drug-likeness (QED) is 0.771. The molecule has 0 N–H and O–H groups in total. The highest BCUT2D eigenvalue weighted by Crippen LogP contribution is 2.35. The van der Waals surface area contributed by atoms with Crippen molar-refractivity contribution in [3.8, 4) is 0 Å². The van der Waals surface area contributed by atoms with E-state index in [9.17, 15) is 9.59 Å². The van der Waals surface area contributed by atoms with Crippen LogP contribution in [0, 0.1) is 17.8 Å². The third kappa shape index (κ3) is 4.57. The van der Waals surface area contributed by atoms with Crippen molar-refractivity contribution < 1.29 is 19.1 Å². The molecule has 0 unspecified atom stereocenters. The van der Waals surface area contributed by atoms with Crippen molar-refractivity contribution in [2.75, 3.05) is 6.61 Å². The minimum absolute atomic E-state index is 0.0586. The third-order valence-electron chi connectivity index (χ3n) is 4.29.